The van der Waals surface area contributed by atoms with Crippen LogP contribution < -0.4 is 26.0 Å². The molecule has 1 atom stereocenters. The number of nitrogens with one attached hydrogen (secondary N) is 4. The number of hydrogen-bond acceptors (Lipinski definition) is 12. The van der Waals surface area contributed by atoms with E-state index in [9.17, 15) is 32.3 Å². The molecule has 0 unspecified atom stereocenters. The number of ether oxygens (including phenoxy) is 2. The standard InChI is InChI=1S/C34H35ClF3N9O6/c1-20-39-15-17-47(20)18-16-40-28(50)26(48)12-11-25(29(51)52-2)42-27(49)21-3-9-24(10-4-21)41-30-43-31(45-32(44-30)53-19-34(36,37)38)46-33(13-14-33)22-5-7-23(35)8-6-22/h3-10,15,17,25H,11-14,16,18-19H2,1-2H3,(H,40,50)(H,42,49)(H2,41,43,44,45,46)/t25-/m0/s1. The van der Waals surface area contributed by atoms with Crippen LogP contribution in [0, 0.1) is 6.92 Å². The molecule has 280 valence electrons. The quantitative estimate of drug-likeness (QED) is 0.0886. The molecule has 15 nitrogen and oxygen atoms in total. The van der Waals surface area contributed by atoms with E-state index in [-0.39, 0.29) is 36.8 Å². The van der Waals surface area contributed by atoms with Gasteiger partial charge in [-0.05, 0) is 68.1 Å². The molecular formula is C34H35ClF3N9O6. The van der Waals surface area contributed by atoms with Gasteiger partial charge in [0.2, 0.25) is 17.7 Å². The number of carbonyl (C=O) groups excluding carboxylic acids is 4. The van der Waals surface area contributed by atoms with Gasteiger partial charge in [0, 0.05) is 48.2 Å². The van der Waals surface area contributed by atoms with E-state index in [0.29, 0.717) is 30.1 Å². The van der Waals surface area contributed by atoms with Gasteiger partial charge in [-0.15, -0.1) is 0 Å². The normalized spacial score (nSPS) is 13.7. The average Bonchev–Trinajstić information content (AvgIpc) is 3.79. The van der Waals surface area contributed by atoms with Crippen LogP contribution in [-0.4, -0.2) is 80.5 Å². The van der Waals surface area contributed by atoms with Gasteiger partial charge in [-0.25, -0.2) is 9.78 Å². The van der Waals surface area contributed by atoms with Gasteiger partial charge in [-0.1, -0.05) is 23.7 Å². The van der Waals surface area contributed by atoms with Crippen molar-refractivity contribution in [1.29, 1.82) is 0 Å². The Kier molecular flexibility index (Phi) is 12.1. The molecule has 2 heterocycles. The zero-order valence-corrected chi connectivity index (χ0v) is 29.3. The topological polar surface area (TPSA) is 191 Å². The summed E-state index contributed by atoms with van der Waals surface area (Å²) in [5.74, 6) is -2.50. The van der Waals surface area contributed by atoms with Crippen LogP contribution in [-0.2, 0) is 31.2 Å². The van der Waals surface area contributed by atoms with E-state index in [2.05, 4.69) is 41.2 Å². The van der Waals surface area contributed by atoms with Gasteiger partial charge in [0.25, 0.3) is 11.8 Å². The number of ketones is 1. The third-order valence-electron chi connectivity index (χ3n) is 8.15. The highest BCUT2D eigenvalue weighted by Gasteiger charge is 2.45. The molecule has 0 bridgehead atoms. The molecule has 4 aromatic rings. The van der Waals surface area contributed by atoms with Crippen molar-refractivity contribution < 1.29 is 41.8 Å². The summed E-state index contributed by atoms with van der Waals surface area (Å²) in [5.41, 5.74) is 0.808. The number of anilines is 3. The van der Waals surface area contributed by atoms with Gasteiger partial charge in [-0.2, -0.15) is 28.1 Å². The van der Waals surface area contributed by atoms with E-state index in [0.717, 1.165) is 18.5 Å². The smallest absolute Gasteiger partial charge is 0.422 e. The fraction of sp³-hybridized carbons (Fsp3) is 0.353. The zero-order chi connectivity index (χ0) is 38.2. The molecule has 2 aromatic heterocycles. The number of Topliss-reactive ketones (excluding diaryl/α,β-unsaturated/α-hetero) is 1. The summed E-state index contributed by atoms with van der Waals surface area (Å²) in [6.07, 6.45) is -0.391. The van der Waals surface area contributed by atoms with Crippen LogP contribution >= 0.6 is 11.6 Å². The van der Waals surface area contributed by atoms with Crippen LogP contribution in [0.15, 0.2) is 60.9 Å². The van der Waals surface area contributed by atoms with Crippen LogP contribution in [0.2, 0.25) is 5.02 Å². The van der Waals surface area contributed by atoms with Crippen molar-refractivity contribution >= 4 is 52.8 Å². The number of aromatic nitrogens is 5. The molecule has 1 aliphatic carbocycles. The molecule has 1 aliphatic rings. The molecule has 5 rings (SSSR count). The Hall–Kier alpha value is -5.78. The van der Waals surface area contributed by atoms with Crippen LogP contribution in [0.4, 0.5) is 30.8 Å². The first kappa shape index (κ1) is 38.5. The minimum atomic E-state index is -4.64. The number of methoxy groups -OCH3 is 1. The number of aryl methyl sites for hydroxylation is 1. The Morgan fingerprint density at radius 3 is 2.32 bits per heavy atom. The van der Waals surface area contributed by atoms with Gasteiger partial charge in [0.05, 0.1) is 12.6 Å². The van der Waals surface area contributed by atoms with Gasteiger partial charge in [-0.3, -0.25) is 14.4 Å². The molecule has 0 spiro atoms. The van der Waals surface area contributed by atoms with Crippen LogP contribution in [0.3, 0.4) is 0 Å². The largest absolute Gasteiger partial charge is 0.467 e. The second kappa shape index (κ2) is 16.7. The van der Waals surface area contributed by atoms with Crippen LogP contribution in [0.5, 0.6) is 6.01 Å². The second-order valence-electron chi connectivity index (χ2n) is 12.0. The number of hydrogen-bond donors (Lipinski definition) is 4. The van der Waals surface area contributed by atoms with E-state index in [1.54, 1.807) is 36.0 Å². The molecule has 53 heavy (non-hydrogen) atoms. The van der Waals surface area contributed by atoms with Crippen molar-refractivity contribution in [3.05, 3.63) is 82.9 Å². The minimum Gasteiger partial charge on any atom is -0.467 e. The summed E-state index contributed by atoms with van der Waals surface area (Å²) in [5, 5.41) is 11.6. The highest BCUT2D eigenvalue weighted by atomic mass is 35.5. The lowest BCUT2D eigenvalue weighted by molar-refractivity contribution is -0.154. The lowest BCUT2D eigenvalue weighted by atomic mass is 10.1. The first-order chi connectivity index (χ1) is 25.2. The Morgan fingerprint density at radius 2 is 1.70 bits per heavy atom. The number of alkyl halides is 3. The number of rotatable bonds is 17. The molecule has 1 fully saturated rings. The van der Waals surface area contributed by atoms with E-state index in [1.807, 2.05) is 12.1 Å². The fourth-order valence-electron chi connectivity index (χ4n) is 5.16. The van der Waals surface area contributed by atoms with Crippen molar-refractivity contribution in [2.75, 3.05) is 30.9 Å². The van der Waals surface area contributed by atoms with Crippen molar-refractivity contribution in [2.45, 2.75) is 56.9 Å². The lowest BCUT2D eigenvalue weighted by Gasteiger charge is -2.19. The molecule has 2 amide bonds. The first-order valence-corrected chi connectivity index (χ1v) is 16.7. The maximum atomic E-state index is 13.1. The van der Waals surface area contributed by atoms with Crippen LogP contribution in [0.1, 0.15) is 47.4 Å². The molecule has 0 radical (unpaired) electrons. The molecule has 1 saturated carbocycles. The van der Waals surface area contributed by atoms with Crippen molar-refractivity contribution in [2.24, 2.45) is 0 Å². The number of amides is 2. The summed E-state index contributed by atoms with van der Waals surface area (Å²) >= 11 is 6.02. The van der Waals surface area contributed by atoms with Gasteiger partial charge in [0.1, 0.15) is 11.9 Å². The average molecular weight is 758 g/mol. The number of esters is 1. The van der Waals surface area contributed by atoms with Gasteiger partial charge in [0.15, 0.2) is 6.61 Å². The maximum absolute atomic E-state index is 13.1. The predicted octanol–water partition coefficient (Wildman–Crippen LogP) is 4.25. The van der Waals surface area contributed by atoms with Crippen LogP contribution in [0.25, 0.3) is 0 Å². The zero-order valence-electron chi connectivity index (χ0n) is 28.5. The number of benzene rings is 2. The SMILES string of the molecule is COC(=O)[C@H](CCC(=O)C(=O)NCCn1ccnc1C)NC(=O)c1ccc(Nc2nc(NC3(c4ccc(Cl)cc4)CC3)nc(OCC(F)(F)F)n2)cc1. The van der Waals surface area contributed by atoms with Crippen molar-refractivity contribution in [1.82, 2.24) is 35.1 Å². The van der Waals surface area contributed by atoms with Crippen molar-refractivity contribution in [3.8, 4) is 6.01 Å². The molecule has 2 aromatic carbocycles. The number of halogens is 4. The van der Waals surface area contributed by atoms with Gasteiger partial charge >= 0.3 is 18.2 Å². The Labute approximate surface area is 306 Å². The summed E-state index contributed by atoms with van der Waals surface area (Å²) in [6, 6.07) is 11.1. The third kappa shape index (κ3) is 10.9. The number of nitrogens with zero attached hydrogens (tertiary/aromatic N) is 5. The monoisotopic (exact) mass is 757 g/mol. The Morgan fingerprint density at radius 1 is 1.00 bits per heavy atom. The molecule has 4 N–H and O–H groups in total. The van der Waals surface area contributed by atoms with E-state index >= 15 is 0 Å². The second-order valence-corrected chi connectivity index (χ2v) is 12.5. The molecular weight excluding hydrogens is 723 g/mol. The minimum absolute atomic E-state index is 0.0301. The highest BCUT2D eigenvalue weighted by molar-refractivity contribution is 6.36. The number of imidazole rings is 1. The lowest BCUT2D eigenvalue weighted by Crippen LogP contribution is -2.42. The summed E-state index contributed by atoms with van der Waals surface area (Å²) in [6.45, 7) is 0.782. The molecule has 0 saturated heterocycles. The molecule has 19 heteroatoms. The fourth-order valence-corrected chi connectivity index (χ4v) is 5.28. The maximum Gasteiger partial charge on any atom is 0.422 e. The van der Waals surface area contributed by atoms with E-state index in [1.165, 1.54) is 24.3 Å². The highest BCUT2D eigenvalue weighted by Crippen LogP contribution is 2.48. The predicted molar refractivity (Wildman–Crippen MR) is 185 cm³/mol. The van der Waals surface area contributed by atoms with Crippen molar-refractivity contribution in [3.63, 3.8) is 0 Å². The first-order valence-electron chi connectivity index (χ1n) is 16.3. The summed E-state index contributed by atoms with van der Waals surface area (Å²) in [7, 11) is 1.12. The molecule has 0 aliphatic heterocycles. The van der Waals surface area contributed by atoms with E-state index in [4.69, 9.17) is 21.1 Å². The summed E-state index contributed by atoms with van der Waals surface area (Å²) in [4.78, 5) is 66.6. The summed E-state index contributed by atoms with van der Waals surface area (Å²) < 4.78 is 50.2. The van der Waals surface area contributed by atoms with E-state index < -0.39 is 53.9 Å². The third-order valence-corrected chi connectivity index (χ3v) is 8.40. The van der Waals surface area contributed by atoms with Gasteiger partial charge < -0.3 is 35.3 Å². The Bertz CT molecular complexity index is 1940. The Balaban J connectivity index is 1.20. The number of carbonyl (C=O) groups is 4.